The minimum Gasteiger partial charge on any atom is -0.382 e. The lowest BCUT2D eigenvalue weighted by Crippen LogP contribution is -2.10. The van der Waals surface area contributed by atoms with Gasteiger partial charge in [-0.3, -0.25) is 4.99 Å². The molecule has 0 bridgehead atoms. The number of benzene rings is 1. The van der Waals surface area contributed by atoms with E-state index in [2.05, 4.69) is 57.2 Å². The molecular weight excluding hydrogens is 404 g/mol. The first kappa shape index (κ1) is 23.0. The van der Waals surface area contributed by atoms with E-state index < -0.39 is 0 Å². The second-order valence-corrected chi connectivity index (χ2v) is 9.11. The summed E-state index contributed by atoms with van der Waals surface area (Å²) in [4.78, 5) is 8.81. The zero-order valence-corrected chi connectivity index (χ0v) is 19.7. The van der Waals surface area contributed by atoms with Gasteiger partial charge in [0.2, 0.25) is 0 Å². The molecule has 172 valence electrons. The molecule has 4 rings (SSSR count). The molecule has 1 aromatic carbocycles. The zero-order valence-electron chi connectivity index (χ0n) is 19.7. The Bertz CT molecular complexity index is 1100. The molecule has 2 aromatic heterocycles. The van der Waals surface area contributed by atoms with Gasteiger partial charge in [0, 0.05) is 48.7 Å². The number of nitrogens with zero attached hydrogens (tertiary/aromatic N) is 3. The highest BCUT2D eigenvalue weighted by Gasteiger charge is 2.13. The van der Waals surface area contributed by atoms with Crippen LogP contribution in [0.3, 0.4) is 0 Å². The molecular formula is C29H36N4. The van der Waals surface area contributed by atoms with Crippen molar-refractivity contribution in [1.82, 2.24) is 9.38 Å². The van der Waals surface area contributed by atoms with Crippen LogP contribution in [0.25, 0.3) is 11.2 Å². The topological polar surface area (TPSA) is 41.7 Å². The highest BCUT2D eigenvalue weighted by atomic mass is 15.0. The second kappa shape index (κ2) is 11.6. The van der Waals surface area contributed by atoms with Crippen molar-refractivity contribution in [2.24, 2.45) is 10.9 Å². The summed E-state index contributed by atoms with van der Waals surface area (Å²) in [6.07, 6.45) is 21.7. The van der Waals surface area contributed by atoms with Crippen LogP contribution >= 0.6 is 0 Å². The van der Waals surface area contributed by atoms with Gasteiger partial charge in [-0.2, -0.15) is 0 Å². The highest BCUT2D eigenvalue weighted by Crippen LogP contribution is 2.29. The highest BCUT2D eigenvalue weighted by molar-refractivity contribution is 5.93. The van der Waals surface area contributed by atoms with Gasteiger partial charge < -0.3 is 9.72 Å². The number of fused-ring (bicyclic) bond motifs is 1. The summed E-state index contributed by atoms with van der Waals surface area (Å²) in [5.74, 6) is 0.834. The average Bonchev–Trinajstić information content (AvgIpc) is 3.36. The maximum Gasteiger partial charge on any atom is 0.160 e. The molecule has 0 aliphatic heterocycles. The van der Waals surface area contributed by atoms with Crippen LogP contribution in [0.4, 0.5) is 5.69 Å². The number of rotatable bonds is 8. The SMILES string of the molecule is C=CN=Cc1ccccc1C(=C)c1cc(NCCC2CCCCCCCC2)c2nccn2c1. The first-order valence-corrected chi connectivity index (χ1v) is 12.4. The van der Waals surface area contributed by atoms with Crippen LogP contribution < -0.4 is 5.32 Å². The van der Waals surface area contributed by atoms with E-state index in [0.29, 0.717) is 0 Å². The Morgan fingerprint density at radius 1 is 1.12 bits per heavy atom. The van der Waals surface area contributed by atoms with E-state index in [9.17, 15) is 0 Å². The van der Waals surface area contributed by atoms with Crippen molar-refractivity contribution < 1.29 is 0 Å². The molecule has 3 aromatic rings. The monoisotopic (exact) mass is 440 g/mol. The van der Waals surface area contributed by atoms with Crippen LogP contribution in [0, 0.1) is 5.92 Å². The van der Waals surface area contributed by atoms with E-state index >= 15 is 0 Å². The van der Waals surface area contributed by atoms with Crippen LogP contribution in [-0.4, -0.2) is 22.1 Å². The molecule has 1 saturated carbocycles. The van der Waals surface area contributed by atoms with Gasteiger partial charge in [-0.15, -0.1) is 0 Å². The molecule has 0 unspecified atom stereocenters. The van der Waals surface area contributed by atoms with Gasteiger partial charge in [0.25, 0.3) is 0 Å². The molecule has 0 spiro atoms. The van der Waals surface area contributed by atoms with Gasteiger partial charge in [0.15, 0.2) is 5.65 Å². The number of hydrogen-bond acceptors (Lipinski definition) is 3. The van der Waals surface area contributed by atoms with Gasteiger partial charge in [-0.1, -0.05) is 88.8 Å². The van der Waals surface area contributed by atoms with Crippen LogP contribution in [0.1, 0.15) is 74.5 Å². The Hall–Kier alpha value is -3.14. The van der Waals surface area contributed by atoms with Crippen molar-refractivity contribution >= 4 is 23.1 Å². The predicted molar refractivity (Wildman–Crippen MR) is 141 cm³/mol. The molecule has 0 saturated heterocycles. The Labute approximate surface area is 198 Å². The summed E-state index contributed by atoms with van der Waals surface area (Å²) in [6.45, 7) is 9.09. The van der Waals surface area contributed by atoms with Gasteiger partial charge in [0.1, 0.15) is 0 Å². The molecule has 1 fully saturated rings. The third-order valence-corrected chi connectivity index (χ3v) is 6.78. The lowest BCUT2D eigenvalue weighted by molar-refractivity contribution is 0.409. The van der Waals surface area contributed by atoms with Crippen molar-refractivity contribution in [2.45, 2.75) is 57.8 Å². The maximum absolute atomic E-state index is 4.59. The van der Waals surface area contributed by atoms with Crippen molar-refractivity contribution in [3.63, 3.8) is 0 Å². The van der Waals surface area contributed by atoms with Crippen LogP contribution in [0.5, 0.6) is 0 Å². The molecule has 0 atom stereocenters. The third kappa shape index (κ3) is 6.01. The van der Waals surface area contributed by atoms with E-state index in [1.165, 1.54) is 57.8 Å². The Morgan fingerprint density at radius 3 is 2.67 bits per heavy atom. The molecule has 4 heteroatoms. The largest absolute Gasteiger partial charge is 0.382 e. The summed E-state index contributed by atoms with van der Waals surface area (Å²) >= 11 is 0. The molecule has 1 aliphatic carbocycles. The molecule has 1 N–H and O–H groups in total. The number of anilines is 1. The fraction of sp³-hybridized carbons (Fsp3) is 0.379. The van der Waals surface area contributed by atoms with Crippen LogP contribution in [0.2, 0.25) is 0 Å². The average molecular weight is 441 g/mol. The minimum atomic E-state index is 0.834. The molecule has 1 aliphatic rings. The van der Waals surface area contributed by atoms with E-state index in [-0.39, 0.29) is 0 Å². The van der Waals surface area contributed by atoms with Gasteiger partial charge in [-0.05, 0) is 29.5 Å². The first-order valence-electron chi connectivity index (χ1n) is 12.4. The van der Waals surface area contributed by atoms with Crippen molar-refractivity contribution in [2.75, 3.05) is 11.9 Å². The third-order valence-electron chi connectivity index (χ3n) is 6.78. The summed E-state index contributed by atoms with van der Waals surface area (Å²) < 4.78 is 2.09. The number of nitrogens with one attached hydrogen (secondary N) is 1. The van der Waals surface area contributed by atoms with Gasteiger partial charge in [-0.25, -0.2) is 4.98 Å². The van der Waals surface area contributed by atoms with E-state index in [0.717, 1.165) is 46.1 Å². The lowest BCUT2D eigenvalue weighted by atomic mass is 9.93. The summed E-state index contributed by atoms with van der Waals surface area (Å²) in [5, 5.41) is 3.70. The van der Waals surface area contributed by atoms with E-state index in [1.807, 2.05) is 30.7 Å². The van der Waals surface area contributed by atoms with E-state index in [4.69, 9.17) is 0 Å². The summed E-state index contributed by atoms with van der Waals surface area (Å²) in [6, 6.07) is 10.4. The van der Waals surface area contributed by atoms with Crippen molar-refractivity contribution in [1.29, 1.82) is 0 Å². The maximum atomic E-state index is 4.59. The Kier molecular flexibility index (Phi) is 8.13. The molecule has 0 radical (unpaired) electrons. The number of aliphatic imine (C=N–C) groups is 1. The number of aromatic nitrogens is 2. The second-order valence-electron chi connectivity index (χ2n) is 9.11. The normalized spacial score (nSPS) is 15.8. The minimum absolute atomic E-state index is 0.834. The zero-order chi connectivity index (χ0) is 22.9. The fourth-order valence-corrected chi connectivity index (χ4v) is 4.92. The molecule has 0 amide bonds. The molecule has 2 heterocycles. The number of hydrogen-bond donors (Lipinski definition) is 1. The molecule has 4 nitrogen and oxygen atoms in total. The van der Waals surface area contributed by atoms with E-state index in [1.54, 1.807) is 6.20 Å². The summed E-state index contributed by atoms with van der Waals surface area (Å²) in [5.41, 5.74) is 6.17. The van der Waals surface area contributed by atoms with Crippen LogP contribution in [-0.2, 0) is 0 Å². The first-order chi connectivity index (χ1) is 16.3. The van der Waals surface area contributed by atoms with Crippen LogP contribution in [0.15, 0.2) is 73.3 Å². The fourth-order valence-electron chi connectivity index (χ4n) is 4.92. The smallest absolute Gasteiger partial charge is 0.160 e. The predicted octanol–water partition coefficient (Wildman–Crippen LogP) is 7.51. The molecule has 33 heavy (non-hydrogen) atoms. The van der Waals surface area contributed by atoms with Crippen molar-refractivity contribution in [3.05, 3.63) is 85.0 Å². The Balaban J connectivity index is 1.52. The van der Waals surface area contributed by atoms with Gasteiger partial charge in [0.05, 0.1) is 5.69 Å². The van der Waals surface area contributed by atoms with Crippen molar-refractivity contribution in [3.8, 4) is 0 Å². The van der Waals surface area contributed by atoms with Gasteiger partial charge >= 0.3 is 0 Å². The quantitative estimate of drug-likeness (QED) is 0.368. The number of imidazole rings is 1. The lowest BCUT2D eigenvalue weighted by Gasteiger charge is -2.18. The Morgan fingerprint density at radius 2 is 1.88 bits per heavy atom. The number of pyridine rings is 1. The summed E-state index contributed by atoms with van der Waals surface area (Å²) in [7, 11) is 0. The standard InChI is InChI=1S/C29H36N4/c1-3-30-21-25-14-10-11-15-27(25)23(2)26-20-28(29-32-18-19-33(29)22-26)31-17-16-24-12-8-6-4-5-7-9-13-24/h3,10-11,14-15,18-22,24,31H,1-2,4-9,12-13,16-17H2.